The van der Waals surface area contributed by atoms with Crippen LogP contribution in [0.4, 0.5) is 4.79 Å². The van der Waals surface area contributed by atoms with Gasteiger partial charge in [-0.2, -0.15) is 0 Å². The minimum Gasteiger partial charge on any atom is -0.479 e. The van der Waals surface area contributed by atoms with Crippen LogP contribution in [0, 0.1) is 10.8 Å². The third-order valence-electron chi connectivity index (χ3n) is 4.53. The second-order valence-electron chi connectivity index (χ2n) is 8.96. The van der Waals surface area contributed by atoms with Crippen LogP contribution < -0.4 is 0 Å². The number of likely N-dealkylation sites (tertiary alicyclic amines) is 1. The molecule has 0 aromatic heterocycles. The first-order valence-corrected chi connectivity index (χ1v) is 8.03. The summed E-state index contributed by atoms with van der Waals surface area (Å²) in [6.45, 7) is 17.0. The Balaban J connectivity index is 3.39. The second kappa shape index (κ2) is 5.84. The SMILES string of the molecule is C=CCC1(C)CN(C(=O)OC(C)(C)C)[C@@](C(=O)O)(C(C)(C)C)C1. The largest absolute Gasteiger partial charge is 0.479 e. The molecule has 23 heavy (non-hydrogen) atoms. The summed E-state index contributed by atoms with van der Waals surface area (Å²) >= 11 is 0. The van der Waals surface area contributed by atoms with Gasteiger partial charge in [-0.3, -0.25) is 4.90 Å². The number of carbonyl (C=O) groups is 2. The molecule has 1 N–H and O–H groups in total. The normalized spacial score (nSPS) is 28.6. The number of hydrogen-bond acceptors (Lipinski definition) is 3. The fourth-order valence-electron chi connectivity index (χ4n) is 3.49. The van der Waals surface area contributed by atoms with Crippen molar-refractivity contribution in [1.29, 1.82) is 0 Å². The highest BCUT2D eigenvalue weighted by atomic mass is 16.6. The molecule has 0 spiro atoms. The van der Waals surface area contributed by atoms with Gasteiger partial charge in [0, 0.05) is 6.54 Å². The fourth-order valence-corrected chi connectivity index (χ4v) is 3.49. The van der Waals surface area contributed by atoms with Crippen LogP contribution in [0.25, 0.3) is 0 Å². The molecule has 1 aliphatic rings. The number of carbonyl (C=O) groups excluding carboxylic acids is 1. The van der Waals surface area contributed by atoms with Gasteiger partial charge in [-0.15, -0.1) is 6.58 Å². The van der Waals surface area contributed by atoms with Crippen molar-refractivity contribution in [2.24, 2.45) is 10.8 Å². The van der Waals surface area contributed by atoms with E-state index >= 15 is 0 Å². The lowest BCUT2D eigenvalue weighted by atomic mass is 9.67. The minimum absolute atomic E-state index is 0.329. The Kier molecular flexibility index (Phi) is 4.96. The molecule has 0 radical (unpaired) electrons. The summed E-state index contributed by atoms with van der Waals surface area (Å²) in [7, 11) is 0. The van der Waals surface area contributed by atoms with Gasteiger partial charge in [-0.05, 0) is 44.4 Å². The van der Waals surface area contributed by atoms with Crippen LogP contribution in [0.15, 0.2) is 12.7 Å². The molecule has 1 amide bonds. The maximum Gasteiger partial charge on any atom is 0.411 e. The van der Waals surface area contributed by atoms with Crippen molar-refractivity contribution >= 4 is 12.1 Å². The molecule has 0 aromatic carbocycles. The molecule has 1 unspecified atom stereocenters. The van der Waals surface area contributed by atoms with Gasteiger partial charge in [0.25, 0.3) is 0 Å². The lowest BCUT2D eigenvalue weighted by Crippen LogP contribution is -2.61. The first kappa shape index (κ1) is 19.5. The molecular formula is C18H31NO4. The van der Waals surface area contributed by atoms with Crippen LogP contribution in [0.5, 0.6) is 0 Å². The minimum atomic E-state index is -1.30. The van der Waals surface area contributed by atoms with E-state index in [0.29, 0.717) is 19.4 Å². The molecule has 1 aliphatic heterocycles. The van der Waals surface area contributed by atoms with Crippen LogP contribution in [0.1, 0.15) is 61.3 Å². The summed E-state index contributed by atoms with van der Waals surface area (Å²) in [6, 6.07) is 0. The molecule has 5 heteroatoms. The van der Waals surface area contributed by atoms with E-state index in [2.05, 4.69) is 6.58 Å². The van der Waals surface area contributed by atoms with E-state index in [0.717, 1.165) is 0 Å². The van der Waals surface area contributed by atoms with E-state index in [4.69, 9.17) is 4.74 Å². The molecule has 5 nitrogen and oxygen atoms in total. The van der Waals surface area contributed by atoms with Gasteiger partial charge >= 0.3 is 12.1 Å². The van der Waals surface area contributed by atoms with Gasteiger partial charge in [0.2, 0.25) is 0 Å². The molecule has 1 heterocycles. The Bertz CT molecular complexity index is 500. The van der Waals surface area contributed by atoms with Crippen LogP contribution in [-0.2, 0) is 9.53 Å². The predicted octanol–water partition coefficient (Wildman–Crippen LogP) is 4.08. The fraction of sp³-hybridized carbons (Fsp3) is 0.778. The third-order valence-corrected chi connectivity index (χ3v) is 4.53. The molecule has 0 aromatic rings. The number of aliphatic carboxylic acids is 1. The van der Waals surface area contributed by atoms with E-state index < -0.39 is 28.6 Å². The Morgan fingerprint density at radius 2 is 1.78 bits per heavy atom. The quantitative estimate of drug-likeness (QED) is 0.794. The van der Waals surface area contributed by atoms with Crippen LogP contribution in [0.2, 0.25) is 0 Å². The van der Waals surface area contributed by atoms with E-state index in [9.17, 15) is 14.7 Å². The summed E-state index contributed by atoms with van der Waals surface area (Å²) in [6.07, 6.45) is 2.25. The summed E-state index contributed by atoms with van der Waals surface area (Å²) in [5.74, 6) is -0.983. The topological polar surface area (TPSA) is 66.8 Å². The van der Waals surface area contributed by atoms with E-state index in [-0.39, 0.29) is 5.41 Å². The number of carboxylic acids is 1. The van der Waals surface area contributed by atoms with Crippen molar-refractivity contribution in [1.82, 2.24) is 4.90 Å². The van der Waals surface area contributed by atoms with Gasteiger partial charge in [-0.25, -0.2) is 9.59 Å². The molecule has 0 aliphatic carbocycles. The maximum absolute atomic E-state index is 12.7. The molecule has 1 fully saturated rings. The molecular weight excluding hydrogens is 294 g/mol. The Hall–Kier alpha value is -1.52. The van der Waals surface area contributed by atoms with E-state index in [1.54, 1.807) is 26.8 Å². The van der Waals surface area contributed by atoms with Crippen LogP contribution >= 0.6 is 0 Å². The smallest absolute Gasteiger partial charge is 0.411 e. The van der Waals surface area contributed by atoms with Gasteiger partial charge in [-0.1, -0.05) is 33.8 Å². The predicted molar refractivity (Wildman–Crippen MR) is 90.3 cm³/mol. The van der Waals surface area contributed by atoms with E-state index in [1.807, 2.05) is 27.7 Å². The van der Waals surface area contributed by atoms with Crippen molar-refractivity contribution in [2.45, 2.75) is 72.4 Å². The monoisotopic (exact) mass is 325 g/mol. The number of carboxylic acid groups (broad SMARTS) is 1. The second-order valence-corrected chi connectivity index (χ2v) is 8.96. The summed E-state index contributed by atoms with van der Waals surface area (Å²) < 4.78 is 5.49. The highest BCUT2D eigenvalue weighted by Gasteiger charge is 2.63. The number of nitrogens with zero attached hydrogens (tertiary/aromatic N) is 1. The zero-order chi connectivity index (χ0) is 18.3. The molecule has 0 saturated carbocycles. The van der Waals surface area contributed by atoms with Crippen LogP contribution in [0.3, 0.4) is 0 Å². The van der Waals surface area contributed by atoms with Crippen LogP contribution in [-0.4, -0.2) is 39.8 Å². The molecule has 0 bridgehead atoms. The standard InChI is InChI=1S/C18H31NO4/c1-9-10-17(8)11-18(13(20)21,15(2,3)4)19(12-17)14(22)23-16(5,6)7/h9H,1,10-12H2,2-8H3,(H,20,21)/t17?,18-/m0/s1. The van der Waals surface area contributed by atoms with Crippen molar-refractivity contribution in [3.05, 3.63) is 12.7 Å². The number of rotatable bonds is 3. The highest BCUT2D eigenvalue weighted by molar-refractivity contribution is 5.86. The van der Waals surface area contributed by atoms with Crippen molar-refractivity contribution in [3.63, 3.8) is 0 Å². The first-order chi connectivity index (χ1) is 10.2. The average Bonchev–Trinajstić information content (AvgIpc) is 2.62. The zero-order valence-corrected chi connectivity index (χ0v) is 15.5. The average molecular weight is 325 g/mol. The van der Waals surface area contributed by atoms with Gasteiger partial charge < -0.3 is 9.84 Å². The van der Waals surface area contributed by atoms with Gasteiger partial charge in [0.05, 0.1) is 0 Å². The number of hydrogen-bond donors (Lipinski definition) is 1. The molecule has 1 rings (SSSR count). The summed E-state index contributed by atoms with van der Waals surface area (Å²) in [4.78, 5) is 26.4. The van der Waals surface area contributed by atoms with Gasteiger partial charge in [0.1, 0.15) is 11.1 Å². The summed E-state index contributed by atoms with van der Waals surface area (Å²) in [5, 5.41) is 10.0. The maximum atomic E-state index is 12.7. The zero-order valence-electron chi connectivity index (χ0n) is 15.5. The third kappa shape index (κ3) is 3.70. The Morgan fingerprint density at radius 1 is 1.26 bits per heavy atom. The van der Waals surface area contributed by atoms with Gasteiger partial charge in [0.15, 0.2) is 0 Å². The van der Waals surface area contributed by atoms with Crippen molar-refractivity contribution < 1.29 is 19.4 Å². The number of allylic oxidation sites excluding steroid dienone is 1. The van der Waals surface area contributed by atoms with E-state index in [1.165, 1.54) is 4.90 Å². The number of amides is 1. The Labute approximate surface area is 139 Å². The highest BCUT2D eigenvalue weighted by Crippen LogP contribution is 2.52. The van der Waals surface area contributed by atoms with Crippen molar-refractivity contribution in [2.75, 3.05) is 6.54 Å². The lowest BCUT2D eigenvalue weighted by molar-refractivity contribution is -0.157. The molecule has 1 saturated heterocycles. The van der Waals surface area contributed by atoms with Crippen molar-refractivity contribution in [3.8, 4) is 0 Å². The molecule has 132 valence electrons. The number of ether oxygens (including phenoxy) is 1. The first-order valence-electron chi connectivity index (χ1n) is 8.03. The molecule has 2 atom stereocenters. The Morgan fingerprint density at radius 3 is 2.13 bits per heavy atom. The lowest BCUT2D eigenvalue weighted by Gasteiger charge is -2.44. The summed E-state index contributed by atoms with van der Waals surface area (Å²) in [5.41, 5.74) is -2.93.